The second-order valence-corrected chi connectivity index (χ2v) is 7.09. The Hall–Kier alpha value is -3.46. The predicted molar refractivity (Wildman–Crippen MR) is 113 cm³/mol. The van der Waals surface area contributed by atoms with Crippen molar-refractivity contribution >= 4 is 46.7 Å². The smallest absolute Gasteiger partial charge is 0.338 e. The highest BCUT2D eigenvalue weighted by molar-refractivity contribution is 6.31. The number of halogens is 2. The molecule has 0 saturated carbocycles. The van der Waals surface area contributed by atoms with Crippen molar-refractivity contribution in [3.63, 3.8) is 0 Å². The van der Waals surface area contributed by atoms with Gasteiger partial charge in [0.2, 0.25) is 11.8 Å². The number of carbonyl (C=O) groups is 4. The van der Waals surface area contributed by atoms with Gasteiger partial charge < -0.3 is 20.3 Å². The number of benzene rings is 2. The van der Waals surface area contributed by atoms with Crippen LogP contribution in [-0.2, 0) is 25.7 Å². The molecule has 0 atom stereocenters. The zero-order valence-corrected chi connectivity index (χ0v) is 17.9. The number of hydrogen-bond donors (Lipinski definition) is 2. The van der Waals surface area contributed by atoms with Crippen LogP contribution in [0.3, 0.4) is 0 Å². The topological polar surface area (TPSA) is 105 Å². The summed E-state index contributed by atoms with van der Waals surface area (Å²) in [6, 6.07) is 8.36. The van der Waals surface area contributed by atoms with Crippen LogP contribution in [0.5, 0.6) is 0 Å². The molecule has 0 spiro atoms. The lowest BCUT2D eigenvalue weighted by molar-refractivity contribution is -0.133. The quantitative estimate of drug-likeness (QED) is 0.631. The molecule has 0 bridgehead atoms. The molecule has 2 aromatic carbocycles. The minimum absolute atomic E-state index is 0.0163. The molecule has 0 fully saturated rings. The van der Waals surface area contributed by atoms with Crippen LogP contribution < -0.4 is 10.6 Å². The van der Waals surface area contributed by atoms with Crippen LogP contribution in [0.4, 0.5) is 15.8 Å². The average molecular weight is 450 g/mol. The maximum absolute atomic E-state index is 13.9. The van der Waals surface area contributed by atoms with Gasteiger partial charge in [0.25, 0.3) is 5.91 Å². The zero-order valence-electron chi connectivity index (χ0n) is 17.1. The van der Waals surface area contributed by atoms with Crippen LogP contribution in [0.25, 0.3) is 0 Å². The fourth-order valence-corrected chi connectivity index (χ4v) is 2.85. The van der Waals surface area contributed by atoms with Crippen LogP contribution in [-0.4, -0.2) is 42.2 Å². The van der Waals surface area contributed by atoms with Crippen molar-refractivity contribution < 1.29 is 28.3 Å². The van der Waals surface area contributed by atoms with Gasteiger partial charge in [-0.2, -0.15) is 0 Å². The van der Waals surface area contributed by atoms with Gasteiger partial charge in [-0.25, -0.2) is 9.18 Å². The van der Waals surface area contributed by atoms with E-state index in [1.807, 2.05) is 0 Å². The Labute approximate surface area is 183 Å². The van der Waals surface area contributed by atoms with Gasteiger partial charge in [0, 0.05) is 49.4 Å². The minimum atomic E-state index is -0.843. The molecule has 164 valence electrons. The molecule has 0 aliphatic rings. The van der Waals surface area contributed by atoms with Crippen molar-refractivity contribution in [1.29, 1.82) is 0 Å². The number of rotatable bonds is 7. The van der Waals surface area contributed by atoms with E-state index in [2.05, 4.69) is 10.6 Å². The van der Waals surface area contributed by atoms with Crippen molar-refractivity contribution in [2.24, 2.45) is 0 Å². The molecule has 0 aliphatic carbocycles. The molecule has 0 unspecified atom stereocenters. The lowest BCUT2D eigenvalue weighted by atomic mass is 10.1. The summed E-state index contributed by atoms with van der Waals surface area (Å²) in [5.41, 5.74) is 0.698. The Morgan fingerprint density at radius 3 is 2.13 bits per heavy atom. The Morgan fingerprint density at radius 1 is 1.03 bits per heavy atom. The van der Waals surface area contributed by atoms with Gasteiger partial charge in [-0.1, -0.05) is 17.7 Å². The second-order valence-electron chi connectivity index (χ2n) is 6.69. The van der Waals surface area contributed by atoms with Gasteiger partial charge in [0.05, 0.1) is 5.56 Å². The standard InChI is InChI=1S/C21H21ClFN3O5/c1-12(27)24-15-7-14(8-16(9-15)25-13(2)28)21(30)31-11-20(29)26(3)10-17-18(22)5-4-6-19(17)23/h4-9H,10-11H2,1-3H3,(H,24,27)(H,25,28). The summed E-state index contributed by atoms with van der Waals surface area (Å²) in [5.74, 6) is -2.72. The van der Waals surface area contributed by atoms with Crippen LogP contribution in [0, 0.1) is 5.82 Å². The third kappa shape index (κ3) is 7.07. The molecule has 0 heterocycles. The van der Waals surface area contributed by atoms with E-state index in [1.54, 1.807) is 0 Å². The van der Waals surface area contributed by atoms with Gasteiger partial charge in [-0.05, 0) is 30.3 Å². The predicted octanol–water partition coefficient (Wildman–Crippen LogP) is 3.21. The number of carbonyl (C=O) groups excluding carboxylic acids is 4. The van der Waals surface area contributed by atoms with Gasteiger partial charge in [0.1, 0.15) is 5.82 Å². The summed E-state index contributed by atoms with van der Waals surface area (Å²) in [6.07, 6.45) is 0. The number of amides is 3. The highest BCUT2D eigenvalue weighted by Gasteiger charge is 2.18. The fourth-order valence-electron chi connectivity index (χ4n) is 2.63. The van der Waals surface area contributed by atoms with E-state index in [0.29, 0.717) is 0 Å². The van der Waals surface area contributed by atoms with E-state index >= 15 is 0 Å². The van der Waals surface area contributed by atoms with Gasteiger partial charge in [0.15, 0.2) is 6.61 Å². The summed E-state index contributed by atoms with van der Waals surface area (Å²) < 4.78 is 18.9. The van der Waals surface area contributed by atoms with E-state index in [4.69, 9.17) is 16.3 Å². The highest BCUT2D eigenvalue weighted by atomic mass is 35.5. The number of nitrogens with one attached hydrogen (secondary N) is 2. The average Bonchev–Trinajstić information content (AvgIpc) is 2.67. The maximum atomic E-state index is 13.9. The maximum Gasteiger partial charge on any atom is 0.338 e. The van der Waals surface area contributed by atoms with Crippen molar-refractivity contribution in [3.05, 3.63) is 58.4 Å². The van der Waals surface area contributed by atoms with Crippen LogP contribution in [0.2, 0.25) is 5.02 Å². The minimum Gasteiger partial charge on any atom is -0.452 e. The Balaban J connectivity index is 2.07. The molecule has 31 heavy (non-hydrogen) atoms. The molecule has 0 aliphatic heterocycles. The summed E-state index contributed by atoms with van der Waals surface area (Å²) >= 11 is 5.96. The van der Waals surface area contributed by atoms with E-state index < -0.39 is 24.3 Å². The molecule has 8 nitrogen and oxygen atoms in total. The normalized spacial score (nSPS) is 10.2. The Kier molecular flexibility index (Phi) is 8.09. The number of ether oxygens (including phenoxy) is 1. The summed E-state index contributed by atoms with van der Waals surface area (Å²) in [7, 11) is 1.42. The number of esters is 1. The summed E-state index contributed by atoms with van der Waals surface area (Å²) in [6.45, 7) is 1.88. The lowest BCUT2D eigenvalue weighted by Crippen LogP contribution is -2.31. The van der Waals surface area contributed by atoms with Crippen LogP contribution in [0.1, 0.15) is 29.8 Å². The van der Waals surface area contributed by atoms with Crippen molar-refractivity contribution in [3.8, 4) is 0 Å². The molecule has 2 aromatic rings. The third-order valence-electron chi connectivity index (χ3n) is 4.02. The van der Waals surface area contributed by atoms with Crippen LogP contribution >= 0.6 is 11.6 Å². The molecule has 2 N–H and O–H groups in total. The molecule has 10 heteroatoms. The molecule has 0 aromatic heterocycles. The number of anilines is 2. The third-order valence-corrected chi connectivity index (χ3v) is 4.37. The summed E-state index contributed by atoms with van der Waals surface area (Å²) in [4.78, 5) is 48.5. The van der Waals surface area contributed by atoms with Crippen molar-refractivity contribution in [2.45, 2.75) is 20.4 Å². The first-order chi connectivity index (χ1) is 14.6. The molecule has 0 saturated heterocycles. The van der Waals surface area contributed by atoms with Crippen molar-refractivity contribution in [2.75, 3.05) is 24.3 Å². The summed E-state index contributed by atoms with van der Waals surface area (Å²) in [5, 5.41) is 5.20. The fraction of sp³-hybridized carbons (Fsp3) is 0.238. The van der Waals surface area contributed by atoms with E-state index in [1.165, 1.54) is 62.2 Å². The number of hydrogen-bond acceptors (Lipinski definition) is 5. The van der Waals surface area contributed by atoms with Crippen LogP contribution in [0.15, 0.2) is 36.4 Å². The van der Waals surface area contributed by atoms with Crippen molar-refractivity contribution in [1.82, 2.24) is 4.90 Å². The molecular formula is C21H21ClFN3O5. The largest absolute Gasteiger partial charge is 0.452 e. The zero-order chi connectivity index (χ0) is 23.1. The van der Waals surface area contributed by atoms with Gasteiger partial charge >= 0.3 is 5.97 Å². The lowest BCUT2D eigenvalue weighted by Gasteiger charge is -2.18. The first-order valence-corrected chi connectivity index (χ1v) is 9.49. The molecule has 3 amide bonds. The highest BCUT2D eigenvalue weighted by Crippen LogP contribution is 2.21. The number of nitrogens with zero attached hydrogens (tertiary/aromatic N) is 1. The van der Waals surface area contributed by atoms with E-state index in [9.17, 15) is 23.6 Å². The molecule has 2 rings (SSSR count). The Bertz CT molecular complexity index is 974. The second kappa shape index (κ2) is 10.5. The first kappa shape index (κ1) is 23.8. The number of likely N-dealkylation sites (N-methyl/N-ethyl adjacent to an activating group) is 1. The Morgan fingerprint density at radius 2 is 1.61 bits per heavy atom. The monoisotopic (exact) mass is 449 g/mol. The molecular weight excluding hydrogens is 429 g/mol. The van der Waals surface area contributed by atoms with Gasteiger partial charge in [-0.15, -0.1) is 0 Å². The molecule has 0 radical (unpaired) electrons. The first-order valence-electron chi connectivity index (χ1n) is 9.11. The van der Waals surface area contributed by atoms with E-state index in [-0.39, 0.29) is 45.9 Å². The van der Waals surface area contributed by atoms with E-state index in [0.717, 1.165) is 0 Å². The SMILES string of the molecule is CC(=O)Nc1cc(NC(C)=O)cc(C(=O)OCC(=O)N(C)Cc2c(F)cccc2Cl)c1. The van der Waals surface area contributed by atoms with Gasteiger partial charge in [-0.3, -0.25) is 14.4 Å².